The predicted octanol–water partition coefficient (Wildman–Crippen LogP) is 4.04. The normalized spacial score (nSPS) is 13.2. The van der Waals surface area contributed by atoms with Crippen LogP contribution in [-0.2, 0) is 11.8 Å². The van der Waals surface area contributed by atoms with E-state index in [-0.39, 0.29) is 11.5 Å². The molecule has 2 aromatic rings. The second-order valence-corrected chi connectivity index (χ2v) is 6.78. The summed E-state index contributed by atoms with van der Waals surface area (Å²) in [6, 6.07) is 17.5. The number of nitrogens with two attached hydrogens (primary N) is 1. The van der Waals surface area contributed by atoms with Gasteiger partial charge in [0.05, 0.1) is 0 Å². The van der Waals surface area contributed by atoms with Crippen molar-refractivity contribution in [1.82, 2.24) is 5.43 Å². The molecule has 0 aliphatic rings. The molecule has 0 amide bonds. The fraction of sp³-hybridized carbons (Fsp3) is 0.368. The van der Waals surface area contributed by atoms with Crippen LogP contribution in [0.5, 0.6) is 0 Å². The van der Waals surface area contributed by atoms with Crippen LogP contribution in [0.1, 0.15) is 49.1 Å². The van der Waals surface area contributed by atoms with E-state index in [0.717, 1.165) is 6.42 Å². The molecule has 112 valence electrons. The highest BCUT2D eigenvalue weighted by molar-refractivity contribution is 5.30. The summed E-state index contributed by atoms with van der Waals surface area (Å²) in [4.78, 5) is 0. The Balaban J connectivity index is 2.15. The average molecular weight is 282 g/mol. The van der Waals surface area contributed by atoms with Crippen molar-refractivity contribution in [3.63, 3.8) is 0 Å². The topological polar surface area (TPSA) is 38.0 Å². The molecule has 0 saturated carbocycles. The third kappa shape index (κ3) is 4.16. The molecule has 21 heavy (non-hydrogen) atoms. The summed E-state index contributed by atoms with van der Waals surface area (Å²) in [5.74, 6) is 5.75. The quantitative estimate of drug-likeness (QED) is 0.656. The second kappa shape index (κ2) is 6.42. The first-order valence-electron chi connectivity index (χ1n) is 7.52. The fourth-order valence-electron chi connectivity index (χ4n) is 2.54. The Morgan fingerprint density at radius 2 is 1.71 bits per heavy atom. The van der Waals surface area contributed by atoms with Gasteiger partial charge in [0.1, 0.15) is 0 Å². The minimum atomic E-state index is 0.144. The fourth-order valence-corrected chi connectivity index (χ4v) is 2.54. The van der Waals surface area contributed by atoms with E-state index in [1.807, 2.05) is 0 Å². The molecular formula is C19H26N2. The first-order valence-corrected chi connectivity index (χ1v) is 7.52. The lowest BCUT2D eigenvalue weighted by Gasteiger charge is -2.20. The van der Waals surface area contributed by atoms with Crippen LogP contribution in [0.3, 0.4) is 0 Å². The zero-order valence-corrected chi connectivity index (χ0v) is 13.5. The summed E-state index contributed by atoms with van der Waals surface area (Å²) in [6.45, 7) is 8.81. The highest BCUT2D eigenvalue weighted by Gasteiger charge is 2.14. The van der Waals surface area contributed by atoms with Crippen molar-refractivity contribution in [2.75, 3.05) is 0 Å². The predicted molar refractivity (Wildman–Crippen MR) is 90.1 cm³/mol. The Morgan fingerprint density at radius 3 is 2.24 bits per heavy atom. The van der Waals surface area contributed by atoms with Crippen LogP contribution in [-0.4, -0.2) is 0 Å². The maximum atomic E-state index is 5.75. The molecule has 1 atom stereocenters. The monoisotopic (exact) mass is 282 g/mol. The molecule has 3 N–H and O–H groups in total. The summed E-state index contributed by atoms with van der Waals surface area (Å²) in [5, 5.41) is 0. The third-order valence-corrected chi connectivity index (χ3v) is 3.91. The summed E-state index contributed by atoms with van der Waals surface area (Å²) < 4.78 is 0. The van der Waals surface area contributed by atoms with Gasteiger partial charge in [0.15, 0.2) is 0 Å². The van der Waals surface area contributed by atoms with Gasteiger partial charge in [0, 0.05) is 6.04 Å². The van der Waals surface area contributed by atoms with Gasteiger partial charge >= 0.3 is 0 Å². The van der Waals surface area contributed by atoms with Crippen molar-refractivity contribution in [3.8, 4) is 0 Å². The smallest absolute Gasteiger partial charge is 0.0500 e. The average Bonchev–Trinajstić information content (AvgIpc) is 2.44. The van der Waals surface area contributed by atoms with E-state index in [0.29, 0.717) is 0 Å². The lowest BCUT2D eigenvalue weighted by atomic mass is 9.86. The van der Waals surface area contributed by atoms with Crippen LogP contribution in [0.25, 0.3) is 0 Å². The van der Waals surface area contributed by atoms with Crippen molar-refractivity contribution in [1.29, 1.82) is 0 Å². The van der Waals surface area contributed by atoms with Gasteiger partial charge in [0.2, 0.25) is 0 Å². The first kappa shape index (κ1) is 15.7. The molecule has 0 aliphatic heterocycles. The molecule has 0 fully saturated rings. The van der Waals surface area contributed by atoms with Gasteiger partial charge in [-0.15, -0.1) is 0 Å². The van der Waals surface area contributed by atoms with Crippen molar-refractivity contribution < 1.29 is 0 Å². The Morgan fingerprint density at radius 1 is 1.05 bits per heavy atom. The van der Waals surface area contributed by atoms with Crippen LogP contribution in [0, 0.1) is 6.92 Å². The molecule has 0 aliphatic carbocycles. The van der Waals surface area contributed by atoms with Crippen LogP contribution in [0.15, 0.2) is 48.5 Å². The van der Waals surface area contributed by atoms with Gasteiger partial charge in [0.25, 0.3) is 0 Å². The molecule has 0 aromatic heterocycles. The Kier molecular flexibility index (Phi) is 4.81. The van der Waals surface area contributed by atoms with Gasteiger partial charge in [-0.3, -0.25) is 11.3 Å². The maximum Gasteiger partial charge on any atom is 0.0500 e. The third-order valence-electron chi connectivity index (χ3n) is 3.91. The van der Waals surface area contributed by atoms with Crippen molar-refractivity contribution in [2.24, 2.45) is 5.84 Å². The van der Waals surface area contributed by atoms with Gasteiger partial charge in [-0.2, -0.15) is 0 Å². The van der Waals surface area contributed by atoms with E-state index >= 15 is 0 Å². The van der Waals surface area contributed by atoms with Gasteiger partial charge in [-0.05, 0) is 35.4 Å². The van der Waals surface area contributed by atoms with Gasteiger partial charge in [-0.1, -0.05) is 74.9 Å². The van der Waals surface area contributed by atoms with Crippen LogP contribution in [0.4, 0.5) is 0 Å². The van der Waals surface area contributed by atoms with Crippen molar-refractivity contribution in [2.45, 2.75) is 45.6 Å². The number of nitrogens with one attached hydrogen (secondary N) is 1. The number of hydrogen-bond donors (Lipinski definition) is 2. The zero-order valence-electron chi connectivity index (χ0n) is 13.5. The largest absolute Gasteiger partial charge is 0.271 e. The number of hydrazine groups is 1. The number of aryl methyl sites for hydroxylation is 1. The highest BCUT2D eigenvalue weighted by Crippen LogP contribution is 2.24. The number of benzene rings is 2. The van der Waals surface area contributed by atoms with E-state index < -0.39 is 0 Å². The zero-order chi connectivity index (χ0) is 15.5. The molecule has 0 bridgehead atoms. The molecular weight excluding hydrogens is 256 g/mol. The van der Waals surface area contributed by atoms with E-state index in [4.69, 9.17) is 5.84 Å². The molecule has 2 rings (SSSR count). The van der Waals surface area contributed by atoms with Gasteiger partial charge in [-0.25, -0.2) is 0 Å². The molecule has 0 heterocycles. The van der Waals surface area contributed by atoms with Crippen LogP contribution < -0.4 is 11.3 Å². The Labute approximate surface area is 128 Å². The van der Waals surface area contributed by atoms with Crippen molar-refractivity contribution in [3.05, 3.63) is 70.8 Å². The highest BCUT2D eigenvalue weighted by atomic mass is 15.2. The first-order chi connectivity index (χ1) is 9.90. The second-order valence-electron chi connectivity index (χ2n) is 6.78. The minimum Gasteiger partial charge on any atom is -0.271 e. The molecule has 2 heteroatoms. The van der Waals surface area contributed by atoms with Crippen LogP contribution >= 0.6 is 0 Å². The molecule has 2 aromatic carbocycles. The van der Waals surface area contributed by atoms with Crippen molar-refractivity contribution >= 4 is 0 Å². The van der Waals surface area contributed by atoms with E-state index in [9.17, 15) is 0 Å². The molecule has 0 spiro atoms. The van der Waals surface area contributed by atoms with E-state index in [1.165, 1.54) is 22.3 Å². The summed E-state index contributed by atoms with van der Waals surface area (Å²) in [6.07, 6.45) is 0.893. The standard InChI is InChI=1S/C19H26N2/c1-14-6-5-7-16(12-14)18(21-20)13-15-8-10-17(11-9-15)19(2,3)4/h5-12,18,21H,13,20H2,1-4H3. The van der Waals surface area contributed by atoms with Crippen LogP contribution in [0.2, 0.25) is 0 Å². The minimum absolute atomic E-state index is 0.144. The maximum absolute atomic E-state index is 5.75. The molecule has 0 radical (unpaired) electrons. The molecule has 2 nitrogen and oxygen atoms in total. The van der Waals surface area contributed by atoms with E-state index in [2.05, 4.69) is 81.7 Å². The lowest BCUT2D eigenvalue weighted by molar-refractivity contribution is 0.550. The molecule has 0 saturated heterocycles. The summed E-state index contributed by atoms with van der Waals surface area (Å²) in [7, 11) is 0. The number of rotatable bonds is 4. The summed E-state index contributed by atoms with van der Waals surface area (Å²) in [5.41, 5.74) is 8.29. The van der Waals surface area contributed by atoms with Gasteiger partial charge < -0.3 is 0 Å². The Hall–Kier alpha value is -1.64. The number of hydrogen-bond acceptors (Lipinski definition) is 2. The summed E-state index contributed by atoms with van der Waals surface area (Å²) >= 11 is 0. The Bertz CT molecular complexity index is 579. The lowest BCUT2D eigenvalue weighted by Crippen LogP contribution is -2.29. The molecule has 1 unspecified atom stereocenters. The van der Waals surface area contributed by atoms with E-state index in [1.54, 1.807) is 0 Å². The SMILES string of the molecule is Cc1cccc(C(Cc2ccc(C(C)(C)C)cc2)NN)c1.